The molecule has 14 nitrogen and oxygen atoms in total. The number of rotatable bonds is 8. The van der Waals surface area contributed by atoms with Crippen molar-refractivity contribution in [1.29, 1.82) is 0 Å². The SMILES string of the molecule is C=C(F)C(=O)NCC(=O)N1CC2(CN(Cc3cc4c(N5CCOCC5)nc(-c5cnc(NC(=O)OC)cc5C(F)(F)F)nn4c3)C2)C1. The molecule has 6 heterocycles. The van der Waals surface area contributed by atoms with Crippen molar-refractivity contribution in [2.75, 3.05) is 76.4 Å². The van der Waals surface area contributed by atoms with Gasteiger partial charge in [0.15, 0.2) is 17.5 Å². The van der Waals surface area contributed by atoms with Crippen LogP contribution >= 0.6 is 0 Å². The number of amides is 3. The van der Waals surface area contributed by atoms with Gasteiger partial charge in [-0.25, -0.2) is 23.7 Å². The van der Waals surface area contributed by atoms with E-state index in [-0.39, 0.29) is 35.1 Å². The standard InChI is InChI=1S/C29H31F4N9O5/c1-17(30)26(44)35-10-23(43)41-15-28(16-41)13-39(14-28)11-18-7-21-25(40-3-5-47-6-4-40)37-24(38-42(21)12-18)19-9-34-22(36-27(45)46-2)8-20(19)29(31,32)33/h7-9,12H,1,3-6,10-11,13-16H2,2H3,(H,35,44)(H,34,36,45). The maximum Gasteiger partial charge on any atom is 0.417 e. The Labute approximate surface area is 265 Å². The molecule has 6 rings (SSSR count). The van der Waals surface area contributed by atoms with Crippen molar-refractivity contribution in [1.82, 2.24) is 34.7 Å². The van der Waals surface area contributed by atoms with Crippen LogP contribution in [0.4, 0.5) is 34.0 Å². The summed E-state index contributed by atoms with van der Waals surface area (Å²) < 4.78 is 67.0. The lowest BCUT2D eigenvalue weighted by Crippen LogP contribution is -2.73. The fourth-order valence-electron chi connectivity index (χ4n) is 6.11. The number of nitrogens with one attached hydrogen (secondary N) is 2. The van der Waals surface area contributed by atoms with Gasteiger partial charge in [0.05, 0.1) is 38.0 Å². The van der Waals surface area contributed by atoms with Gasteiger partial charge >= 0.3 is 12.3 Å². The maximum atomic E-state index is 14.2. The third kappa shape index (κ3) is 6.69. The molecule has 3 aliphatic rings. The van der Waals surface area contributed by atoms with Gasteiger partial charge in [-0.15, -0.1) is 5.10 Å². The monoisotopic (exact) mass is 661 g/mol. The first-order chi connectivity index (χ1) is 22.3. The van der Waals surface area contributed by atoms with Crippen LogP contribution in [0.25, 0.3) is 16.9 Å². The number of fused-ring (bicyclic) bond motifs is 1. The average molecular weight is 662 g/mol. The Morgan fingerprint density at radius 1 is 1.13 bits per heavy atom. The van der Waals surface area contributed by atoms with Crippen LogP contribution < -0.4 is 15.5 Å². The number of likely N-dealkylation sites (tertiary alicyclic amines) is 2. The molecular weight excluding hydrogens is 630 g/mol. The number of carbonyl (C=O) groups is 3. The normalized spacial score (nSPS) is 17.6. The number of hydrogen-bond acceptors (Lipinski definition) is 10. The number of morpholine rings is 1. The second kappa shape index (κ2) is 12.4. The predicted octanol–water partition coefficient (Wildman–Crippen LogP) is 2.07. The van der Waals surface area contributed by atoms with E-state index in [1.807, 2.05) is 11.0 Å². The molecule has 3 aliphatic heterocycles. The van der Waals surface area contributed by atoms with Gasteiger partial charge in [0.25, 0.3) is 5.91 Å². The number of alkyl halides is 3. The lowest BCUT2D eigenvalue weighted by atomic mass is 9.72. The smallest absolute Gasteiger partial charge is 0.417 e. The molecule has 0 radical (unpaired) electrons. The number of nitrogens with zero attached hydrogens (tertiary/aromatic N) is 7. The van der Waals surface area contributed by atoms with Crippen molar-refractivity contribution in [2.45, 2.75) is 12.7 Å². The number of pyridine rings is 1. The van der Waals surface area contributed by atoms with E-state index in [1.165, 1.54) is 4.52 Å². The van der Waals surface area contributed by atoms with Crippen molar-refractivity contribution in [3.8, 4) is 11.4 Å². The quantitative estimate of drug-likeness (QED) is 0.272. The molecule has 0 unspecified atom stereocenters. The van der Waals surface area contributed by atoms with E-state index in [0.717, 1.165) is 32.0 Å². The maximum absolute atomic E-state index is 14.2. The van der Waals surface area contributed by atoms with Gasteiger partial charge in [-0.2, -0.15) is 13.2 Å². The molecule has 250 valence electrons. The number of hydrogen-bond donors (Lipinski definition) is 2. The van der Waals surface area contributed by atoms with Crippen LogP contribution in [0.2, 0.25) is 0 Å². The summed E-state index contributed by atoms with van der Waals surface area (Å²) >= 11 is 0. The fourth-order valence-corrected chi connectivity index (χ4v) is 6.11. The molecule has 0 saturated carbocycles. The van der Waals surface area contributed by atoms with Gasteiger partial charge in [-0.05, 0) is 17.7 Å². The Morgan fingerprint density at radius 3 is 2.51 bits per heavy atom. The van der Waals surface area contributed by atoms with Gasteiger partial charge < -0.3 is 24.6 Å². The first-order valence-corrected chi connectivity index (χ1v) is 14.6. The molecule has 1 spiro atoms. The Morgan fingerprint density at radius 2 is 1.85 bits per heavy atom. The second-order valence-corrected chi connectivity index (χ2v) is 11.7. The van der Waals surface area contributed by atoms with Crippen molar-refractivity contribution >= 4 is 35.1 Å². The van der Waals surface area contributed by atoms with Crippen LogP contribution in [0.15, 0.2) is 36.9 Å². The van der Waals surface area contributed by atoms with Gasteiger partial charge in [0.1, 0.15) is 11.3 Å². The number of halogens is 4. The van der Waals surface area contributed by atoms with Crippen LogP contribution in [0, 0.1) is 5.41 Å². The number of carbonyl (C=O) groups excluding carboxylic acids is 3. The van der Waals surface area contributed by atoms with E-state index in [2.05, 4.69) is 41.9 Å². The van der Waals surface area contributed by atoms with Crippen LogP contribution in [0.3, 0.4) is 0 Å². The van der Waals surface area contributed by atoms with Crippen molar-refractivity contribution in [3.63, 3.8) is 0 Å². The number of aromatic nitrogens is 4. The molecule has 0 bridgehead atoms. The number of ether oxygens (including phenoxy) is 2. The van der Waals surface area contributed by atoms with Gasteiger partial charge in [-0.1, -0.05) is 6.58 Å². The fraction of sp³-hybridized carbons (Fsp3) is 0.448. The minimum atomic E-state index is -4.81. The molecule has 0 atom stereocenters. The summed E-state index contributed by atoms with van der Waals surface area (Å²) in [6, 6.07) is 2.62. The Hall–Kier alpha value is -4.84. The largest absolute Gasteiger partial charge is 0.453 e. The summed E-state index contributed by atoms with van der Waals surface area (Å²) in [5.74, 6) is -2.56. The summed E-state index contributed by atoms with van der Waals surface area (Å²) in [6.07, 6.45) is -3.05. The zero-order valence-corrected chi connectivity index (χ0v) is 25.3. The lowest BCUT2D eigenvalue weighted by Gasteiger charge is -2.60. The molecule has 3 aromatic heterocycles. The first kappa shape index (κ1) is 32.1. The Bertz CT molecular complexity index is 1730. The zero-order valence-electron chi connectivity index (χ0n) is 25.3. The van der Waals surface area contributed by atoms with E-state index in [9.17, 15) is 31.9 Å². The highest BCUT2D eigenvalue weighted by Crippen LogP contribution is 2.41. The molecule has 3 aromatic rings. The van der Waals surface area contributed by atoms with E-state index in [1.54, 1.807) is 11.1 Å². The van der Waals surface area contributed by atoms with Crippen LogP contribution in [-0.4, -0.2) is 113 Å². The van der Waals surface area contributed by atoms with Crippen LogP contribution in [0.5, 0.6) is 0 Å². The first-order valence-electron chi connectivity index (χ1n) is 14.6. The number of anilines is 2. The molecule has 3 fully saturated rings. The van der Waals surface area contributed by atoms with Crippen molar-refractivity contribution in [2.24, 2.45) is 5.41 Å². The second-order valence-electron chi connectivity index (χ2n) is 11.7. The summed E-state index contributed by atoms with van der Waals surface area (Å²) in [6.45, 7) is 7.43. The summed E-state index contributed by atoms with van der Waals surface area (Å²) in [4.78, 5) is 49.5. The van der Waals surface area contributed by atoms with E-state index in [4.69, 9.17) is 4.74 Å². The molecule has 0 aromatic carbocycles. The highest BCUT2D eigenvalue weighted by Gasteiger charge is 2.52. The highest BCUT2D eigenvalue weighted by molar-refractivity contribution is 5.93. The molecule has 47 heavy (non-hydrogen) atoms. The molecule has 2 N–H and O–H groups in total. The highest BCUT2D eigenvalue weighted by atomic mass is 19.4. The van der Waals surface area contributed by atoms with Gasteiger partial charge in [-0.3, -0.25) is 19.8 Å². The zero-order chi connectivity index (χ0) is 33.5. The van der Waals surface area contributed by atoms with E-state index in [0.29, 0.717) is 63.3 Å². The van der Waals surface area contributed by atoms with E-state index < -0.39 is 29.6 Å². The predicted molar refractivity (Wildman–Crippen MR) is 158 cm³/mol. The summed E-state index contributed by atoms with van der Waals surface area (Å²) in [5, 5.41) is 8.80. The Kier molecular flexibility index (Phi) is 8.47. The summed E-state index contributed by atoms with van der Waals surface area (Å²) in [5.41, 5.74) is -0.0151. The average Bonchev–Trinajstić information content (AvgIpc) is 3.42. The van der Waals surface area contributed by atoms with Crippen LogP contribution in [0.1, 0.15) is 11.1 Å². The molecule has 3 saturated heterocycles. The van der Waals surface area contributed by atoms with Gasteiger partial charge in [0.2, 0.25) is 5.91 Å². The minimum Gasteiger partial charge on any atom is -0.453 e. The molecular formula is C29H31F4N9O5. The van der Waals surface area contributed by atoms with Crippen molar-refractivity contribution in [3.05, 3.63) is 48.1 Å². The molecule has 3 amide bonds. The minimum absolute atomic E-state index is 0.0651. The number of methoxy groups -OCH3 is 1. The van der Waals surface area contributed by atoms with E-state index >= 15 is 0 Å². The van der Waals surface area contributed by atoms with Crippen LogP contribution in [-0.2, 0) is 31.8 Å². The lowest BCUT2D eigenvalue weighted by molar-refractivity contribution is -0.159. The van der Waals surface area contributed by atoms with Gasteiger partial charge in [0, 0.05) is 63.6 Å². The third-order valence-corrected chi connectivity index (χ3v) is 8.25. The third-order valence-electron chi connectivity index (χ3n) is 8.25. The Balaban J connectivity index is 1.21. The van der Waals surface area contributed by atoms with Crippen molar-refractivity contribution < 1.29 is 41.4 Å². The molecule has 18 heteroatoms. The molecule has 0 aliphatic carbocycles. The summed E-state index contributed by atoms with van der Waals surface area (Å²) in [7, 11) is 1.08. The topological polar surface area (TPSA) is 147 Å².